The Kier molecular flexibility index (Phi) is 11.5. The second-order valence-electron chi connectivity index (χ2n) is 8.32. The van der Waals surface area contributed by atoms with Gasteiger partial charge >= 0.3 is 5.97 Å². The molecule has 2 N–H and O–H groups in total. The fourth-order valence-electron chi connectivity index (χ4n) is 3.17. The van der Waals surface area contributed by atoms with Crippen molar-refractivity contribution in [3.05, 3.63) is 64.7 Å². The fourth-order valence-corrected chi connectivity index (χ4v) is 3.30. The minimum absolute atomic E-state index is 0.128. The quantitative estimate of drug-likeness (QED) is 0.142. The predicted molar refractivity (Wildman–Crippen MR) is 126 cm³/mol. The van der Waals surface area contributed by atoms with Crippen molar-refractivity contribution in [3.8, 4) is 5.75 Å². The van der Waals surface area contributed by atoms with E-state index in [0.717, 1.165) is 38.5 Å². The summed E-state index contributed by atoms with van der Waals surface area (Å²) < 4.78 is 11.2. The first-order valence-corrected chi connectivity index (χ1v) is 11.6. The third kappa shape index (κ3) is 9.79. The number of benzene rings is 2. The van der Waals surface area contributed by atoms with Crippen LogP contribution in [-0.4, -0.2) is 46.4 Å². The molecule has 0 aliphatic rings. The molecule has 0 bridgehead atoms. The topological polar surface area (TPSA) is 106 Å². The van der Waals surface area contributed by atoms with E-state index in [1.54, 1.807) is 62.4 Å². The number of ether oxygens (including phenoxy) is 2. The summed E-state index contributed by atoms with van der Waals surface area (Å²) in [4.78, 5) is 29.5. The fraction of sp³-hybridized carbons (Fsp3) is 0.440. The predicted octanol–water partition coefficient (Wildman–Crippen LogP) is 5.62. The molecule has 2 rings (SSSR count). The number of hydrogen-bond acceptors (Lipinski definition) is 8. The highest BCUT2D eigenvalue weighted by Gasteiger charge is 2.31. The Balaban J connectivity index is 1.69. The monoisotopic (exact) mass is 493 g/mol. The van der Waals surface area contributed by atoms with Crippen molar-refractivity contribution in [1.29, 1.82) is 0 Å². The van der Waals surface area contributed by atoms with Crippen molar-refractivity contribution < 1.29 is 34.3 Å². The third-order valence-electron chi connectivity index (χ3n) is 5.07. The maximum Gasteiger partial charge on any atom is 0.349 e. The number of ketones is 1. The van der Waals surface area contributed by atoms with Crippen LogP contribution in [0.25, 0.3) is 0 Å². The lowest BCUT2D eigenvalue weighted by atomic mass is 10.0. The van der Waals surface area contributed by atoms with Gasteiger partial charge in [-0.05, 0) is 75.2 Å². The van der Waals surface area contributed by atoms with Crippen LogP contribution in [0.2, 0.25) is 5.02 Å². The van der Waals surface area contributed by atoms with Gasteiger partial charge in [0.2, 0.25) is 0 Å². The van der Waals surface area contributed by atoms with Gasteiger partial charge in [-0.15, -0.1) is 0 Å². The summed E-state index contributed by atoms with van der Waals surface area (Å²) in [5, 5.41) is 17.1. The molecule has 0 unspecified atom stereocenters. The molecular formula is C25H32ClNO7. The van der Waals surface area contributed by atoms with Gasteiger partial charge in [-0.1, -0.05) is 37.3 Å². The zero-order valence-corrected chi connectivity index (χ0v) is 20.3. The summed E-state index contributed by atoms with van der Waals surface area (Å²) in [6.07, 6.45) is 5.29. The van der Waals surface area contributed by atoms with E-state index in [1.807, 2.05) is 0 Å². The molecule has 0 radical (unpaired) electrons. The molecule has 2 aromatic carbocycles. The van der Waals surface area contributed by atoms with Crippen LogP contribution in [0.4, 0.5) is 0 Å². The van der Waals surface area contributed by atoms with Gasteiger partial charge in [0, 0.05) is 16.1 Å². The van der Waals surface area contributed by atoms with E-state index in [1.165, 1.54) is 0 Å². The van der Waals surface area contributed by atoms with E-state index in [0.29, 0.717) is 28.5 Å². The zero-order valence-electron chi connectivity index (χ0n) is 19.5. The van der Waals surface area contributed by atoms with Crippen LogP contribution in [0.1, 0.15) is 68.3 Å². The molecule has 8 nitrogen and oxygen atoms in total. The molecule has 0 aliphatic carbocycles. The molecule has 0 heterocycles. The van der Waals surface area contributed by atoms with Gasteiger partial charge in [0.05, 0.1) is 18.6 Å². The van der Waals surface area contributed by atoms with E-state index in [4.69, 9.17) is 31.5 Å². The van der Waals surface area contributed by atoms with Gasteiger partial charge in [0.25, 0.3) is 0 Å². The van der Waals surface area contributed by atoms with Gasteiger partial charge in [-0.2, -0.15) is 0 Å². The largest absolute Gasteiger partial charge is 0.476 e. The molecule has 0 aliphatic heterocycles. The number of hydrogen-bond donors (Lipinski definition) is 2. The molecule has 0 aromatic heterocycles. The van der Waals surface area contributed by atoms with Crippen LogP contribution in [0.5, 0.6) is 5.75 Å². The summed E-state index contributed by atoms with van der Waals surface area (Å²) >= 11 is 5.87. The number of halogens is 1. The van der Waals surface area contributed by atoms with Crippen molar-refractivity contribution in [2.75, 3.05) is 13.2 Å². The number of rotatable bonds is 15. The number of carbonyl (C=O) groups is 2. The number of carbonyl (C=O) groups excluding carboxylic acids is 2. The highest BCUT2D eigenvalue weighted by Crippen LogP contribution is 2.22. The second-order valence-corrected chi connectivity index (χ2v) is 8.75. The van der Waals surface area contributed by atoms with Crippen LogP contribution < -0.4 is 4.74 Å². The first-order valence-electron chi connectivity index (χ1n) is 11.3. The molecule has 0 amide bonds. The Labute approximate surface area is 204 Å². The third-order valence-corrected chi connectivity index (χ3v) is 5.32. The Hall–Kier alpha value is -2.49. The lowest BCUT2D eigenvalue weighted by molar-refractivity contribution is -0.492. The minimum atomic E-state index is -1.17. The molecule has 9 heteroatoms. The van der Waals surface area contributed by atoms with Crippen LogP contribution in [-0.2, 0) is 14.4 Å². The first-order chi connectivity index (χ1) is 16.2. The lowest BCUT2D eigenvalue weighted by Gasteiger charge is -2.24. The zero-order chi connectivity index (χ0) is 25.0. The van der Waals surface area contributed by atoms with Gasteiger partial charge in [-0.3, -0.25) is 20.0 Å². The SMILES string of the molecule is CC(C)(Oc1ccc(C(=O)c2ccc(Cl)cc2)cc1)C(=O)OCCCCCCCCON(O)O. The standard InChI is InChI=1S/C25H32ClNO7/c1-25(2,24(29)32-17-7-5-3-4-6-8-18-33-27(30)31)34-22-15-11-20(12-16-22)23(28)19-9-13-21(26)14-10-19/h9-16,30-31H,3-8,17-18H2,1-2H3. The summed E-state index contributed by atoms with van der Waals surface area (Å²) in [6.45, 7) is 3.85. The van der Waals surface area contributed by atoms with E-state index in [-0.39, 0.29) is 17.8 Å². The summed E-state index contributed by atoms with van der Waals surface area (Å²) in [7, 11) is 0. The molecule has 0 fully saturated rings. The average molecular weight is 494 g/mol. The van der Waals surface area contributed by atoms with Crippen molar-refractivity contribution in [2.45, 2.75) is 58.0 Å². The highest BCUT2D eigenvalue weighted by atomic mass is 35.5. The van der Waals surface area contributed by atoms with Crippen molar-refractivity contribution in [2.24, 2.45) is 0 Å². The maximum atomic E-state index is 12.6. The maximum absolute atomic E-state index is 12.6. The number of esters is 1. The van der Waals surface area contributed by atoms with Crippen molar-refractivity contribution in [3.63, 3.8) is 0 Å². The van der Waals surface area contributed by atoms with Crippen LogP contribution >= 0.6 is 11.6 Å². The first kappa shape index (κ1) is 27.8. The van der Waals surface area contributed by atoms with Gasteiger partial charge < -0.3 is 9.47 Å². The Morgan fingerprint density at radius 3 is 1.88 bits per heavy atom. The highest BCUT2D eigenvalue weighted by molar-refractivity contribution is 6.30. The van der Waals surface area contributed by atoms with Crippen molar-refractivity contribution in [1.82, 2.24) is 5.39 Å². The summed E-state index contributed by atoms with van der Waals surface area (Å²) in [6, 6.07) is 13.3. The molecule has 34 heavy (non-hydrogen) atoms. The lowest BCUT2D eigenvalue weighted by Crippen LogP contribution is -2.39. The van der Waals surface area contributed by atoms with E-state index in [2.05, 4.69) is 4.84 Å². The van der Waals surface area contributed by atoms with Crippen LogP contribution in [0.15, 0.2) is 48.5 Å². The molecule has 0 saturated carbocycles. The molecule has 186 valence electrons. The summed E-state index contributed by atoms with van der Waals surface area (Å²) in [5.41, 5.74) is -0.128. The molecule has 0 spiro atoms. The molecule has 2 aromatic rings. The van der Waals surface area contributed by atoms with E-state index >= 15 is 0 Å². The van der Waals surface area contributed by atoms with E-state index in [9.17, 15) is 9.59 Å². The molecule has 0 saturated heterocycles. The van der Waals surface area contributed by atoms with Gasteiger partial charge in [-0.25, -0.2) is 4.79 Å². The van der Waals surface area contributed by atoms with Gasteiger partial charge in [0.1, 0.15) is 5.75 Å². The van der Waals surface area contributed by atoms with E-state index < -0.39 is 11.6 Å². The van der Waals surface area contributed by atoms with Gasteiger partial charge in [0.15, 0.2) is 11.4 Å². The molecular weight excluding hydrogens is 462 g/mol. The second kappa shape index (κ2) is 14.0. The van der Waals surface area contributed by atoms with Crippen LogP contribution in [0.3, 0.4) is 0 Å². The van der Waals surface area contributed by atoms with Crippen molar-refractivity contribution >= 4 is 23.4 Å². The van der Waals surface area contributed by atoms with Crippen LogP contribution in [0, 0.1) is 0 Å². The number of unbranched alkanes of at least 4 members (excludes halogenated alkanes) is 5. The molecule has 0 atom stereocenters. The minimum Gasteiger partial charge on any atom is -0.476 e. The average Bonchev–Trinajstić information content (AvgIpc) is 2.80. The smallest absolute Gasteiger partial charge is 0.349 e. The Bertz CT molecular complexity index is 898. The normalized spacial score (nSPS) is 11.5. The Morgan fingerprint density at radius 2 is 1.32 bits per heavy atom. The summed E-state index contributed by atoms with van der Waals surface area (Å²) in [5.74, 6) is -0.121. The number of nitrogens with zero attached hydrogens (tertiary/aromatic N) is 1. The Morgan fingerprint density at radius 1 is 0.824 bits per heavy atom.